The fourth-order valence-corrected chi connectivity index (χ4v) is 4.43. The van der Waals surface area contributed by atoms with Gasteiger partial charge in [0.1, 0.15) is 0 Å². The number of carbonyl (C=O) groups excluding carboxylic acids is 1. The molecule has 0 radical (unpaired) electrons. The summed E-state index contributed by atoms with van der Waals surface area (Å²) in [5.41, 5.74) is -1.22. The first-order valence-corrected chi connectivity index (χ1v) is 9.99. The van der Waals surface area contributed by atoms with Gasteiger partial charge in [0, 0.05) is 24.2 Å². The third kappa shape index (κ3) is 4.62. The van der Waals surface area contributed by atoms with Crippen molar-refractivity contribution >= 4 is 21.9 Å². The molecule has 1 fully saturated rings. The zero-order valence-corrected chi connectivity index (χ0v) is 16.4. The zero-order chi connectivity index (χ0) is 19.8. The van der Waals surface area contributed by atoms with Gasteiger partial charge in [-0.25, -0.2) is 13.1 Å². The van der Waals surface area contributed by atoms with Crippen molar-refractivity contribution in [3.63, 3.8) is 0 Å². The number of benzene rings is 1. The number of piperidine rings is 1. The van der Waals surface area contributed by atoms with Crippen LogP contribution >= 0.6 is 0 Å². The number of carbonyl (C=O) groups is 2. The van der Waals surface area contributed by atoms with Gasteiger partial charge >= 0.3 is 5.97 Å². The van der Waals surface area contributed by atoms with Crippen LogP contribution in [0.4, 0.5) is 0 Å². The molecule has 0 spiro atoms. The largest absolute Gasteiger partial charge is 0.481 e. The first-order valence-electron chi connectivity index (χ1n) is 8.51. The van der Waals surface area contributed by atoms with Crippen LogP contribution < -0.4 is 4.72 Å². The number of nitrogens with one attached hydrogen (secondary N) is 1. The molecule has 1 aliphatic rings. The number of aliphatic carboxylic acids is 1. The molecule has 1 unspecified atom stereocenters. The molecule has 1 aromatic rings. The topological polar surface area (TPSA) is 104 Å². The molecule has 1 amide bonds. The molecule has 2 rings (SSSR count). The second-order valence-electron chi connectivity index (χ2n) is 8.08. The summed E-state index contributed by atoms with van der Waals surface area (Å²) in [4.78, 5) is 25.7. The lowest BCUT2D eigenvalue weighted by Crippen LogP contribution is -2.48. The molecule has 144 valence electrons. The zero-order valence-electron chi connectivity index (χ0n) is 15.6. The van der Waals surface area contributed by atoms with E-state index in [0.29, 0.717) is 24.9 Å². The molecule has 0 aromatic heterocycles. The fourth-order valence-electron chi connectivity index (χ4n) is 3.01. The molecule has 1 heterocycles. The van der Waals surface area contributed by atoms with E-state index < -0.39 is 26.9 Å². The van der Waals surface area contributed by atoms with Crippen LogP contribution in [0.5, 0.6) is 0 Å². The van der Waals surface area contributed by atoms with Crippen molar-refractivity contribution < 1.29 is 23.1 Å². The Morgan fingerprint density at radius 3 is 2.27 bits per heavy atom. The van der Waals surface area contributed by atoms with Crippen LogP contribution in [0, 0.1) is 5.41 Å². The first-order chi connectivity index (χ1) is 11.8. The van der Waals surface area contributed by atoms with Crippen molar-refractivity contribution in [3.05, 3.63) is 29.8 Å². The number of likely N-dealkylation sites (tertiary alicyclic amines) is 1. The van der Waals surface area contributed by atoms with Crippen LogP contribution in [0.3, 0.4) is 0 Å². The molecule has 1 aromatic carbocycles. The van der Waals surface area contributed by atoms with Crippen molar-refractivity contribution in [1.29, 1.82) is 0 Å². The van der Waals surface area contributed by atoms with Gasteiger partial charge in [-0.15, -0.1) is 0 Å². The summed E-state index contributed by atoms with van der Waals surface area (Å²) in [6.07, 6.45) is 1.15. The molecule has 7 nitrogen and oxygen atoms in total. The molecule has 1 saturated heterocycles. The number of sulfonamides is 1. The van der Waals surface area contributed by atoms with Crippen LogP contribution in [0.15, 0.2) is 29.2 Å². The van der Waals surface area contributed by atoms with Crippen LogP contribution in [-0.2, 0) is 14.8 Å². The van der Waals surface area contributed by atoms with Crippen LogP contribution in [0.2, 0.25) is 0 Å². The lowest BCUT2D eigenvalue weighted by molar-refractivity contribution is -0.150. The molecule has 0 aliphatic carbocycles. The summed E-state index contributed by atoms with van der Waals surface area (Å²) >= 11 is 0. The Kier molecular flexibility index (Phi) is 5.49. The molecule has 1 aliphatic heterocycles. The molecule has 1 atom stereocenters. The number of rotatable bonds is 4. The smallest absolute Gasteiger partial charge is 0.311 e. The number of carboxylic acids is 1. The van der Waals surface area contributed by atoms with E-state index >= 15 is 0 Å². The maximum Gasteiger partial charge on any atom is 0.311 e. The van der Waals surface area contributed by atoms with Crippen molar-refractivity contribution in [1.82, 2.24) is 9.62 Å². The number of amides is 1. The van der Waals surface area contributed by atoms with Crippen LogP contribution in [-0.4, -0.2) is 48.9 Å². The third-order valence-corrected chi connectivity index (χ3v) is 6.13. The van der Waals surface area contributed by atoms with E-state index in [9.17, 15) is 23.1 Å². The standard InChI is InChI=1S/C18H26N2O5S/c1-17(2,3)19-26(24,25)14-8-6-13(7-9-14)15(21)20-11-5-10-18(4,12-20)16(22)23/h6-9,19H,5,10-12H2,1-4H3,(H,22,23). The van der Waals surface area contributed by atoms with E-state index in [1.807, 2.05) is 0 Å². The highest BCUT2D eigenvalue weighted by molar-refractivity contribution is 7.89. The minimum Gasteiger partial charge on any atom is -0.481 e. The van der Waals surface area contributed by atoms with Crippen molar-refractivity contribution in [2.24, 2.45) is 5.41 Å². The van der Waals surface area contributed by atoms with Gasteiger partial charge in [-0.05, 0) is 64.8 Å². The van der Waals surface area contributed by atoms with Crippen molar-refractivity contribution in [2.45, 2.75) is 51.0 Å². The number of carboxylic acid groups (broad SMARTS) is 1. The van der Waals surface area contributed by atoms with Crippen LogP contribution in [0.1, 0.15) is 50.9 Å². The monoisotopic (exact) mass is 382 g/mol. The SMILES string of the molecule is CC(C)(C)NS(=O)(=O)c1ccc(C(=O)N2CCCC(C)(C(=O)O)C2)cc1. The third-order valence-electron chi connectivity index (χ3n) is 4.35. The molecule has 2 N–H and O–H groups in total. The molecule has 0 bridgehead atoms. The predicted octanol–water partition coefficient (Wildman–Crippen LogP) is 2.09. The van der Waals surface area contributed by atoms with E-state index in [0.717, 1.165) is 0 Å². The lowest BCUT2D eigenvalue weighted by Gasteiger charge is -2.37. The van der Waals surface area contributed by atoms with Gasteiger partial charge in [0.15, 0.2) is 0 Å². The second-order valence-corrected chi connectivity index (χ2v) is 9.76. The summed E-state index contributed by atoms with van der Waals surface area (Å²) in [6.45, 7) is 7.53. The number of hydrogen-bond donors (Lipinski definition) is 2. The highest BCUT2D eigenvalue weighted by atomic mass is 32.2. The summed E-state index contributed by atoms with van der Waals surface area (Å²) in [5, 5.41) is 9.37. The summed E-state index contributed by atoms with van der Waals surface area (Å²) in [6, 6.07) is 5.71. The Hall–Kier alpha value is -1.93. The molecular weight excluding hydrogens is 356 g/mol. The predicted molar refractivity (Wildman–Crippen MR) is 97.4 cm³/mol. The van der Waals surface area contributed by atoms with Crippen molar-refractivity contribution in [2.75, 3.05) is 13.1 Å². The maximum atomic E-state index is 12.7. The summed E-state index contributed by atoms with van der Waals surface area (Å²) in [5.74, 6) is -1.20. The minimum atomic E-state index is -3.67. The molecular formula is C18H26N2O5S. The molecule has 8 heteroatoms. The fraction of sp³-hybridized carbons (Fsp3) is 0.556. The highest BCUT2D eigenvalue weighted by Crippen LogP contribution is 2.30. The van der Waals surface area contributed by atoms with E-state index in [4.69, 9.17) is 0 Å². The maximum absolute atomic E-state index is 12.7. The van der Waals surface area contributed by atoms with E-state index in [2.05, 4.69) is 4.72 Å². The van der Waals surface area contributed by atoms with Gasteiger partial charge in [0.2, 0.25) is 10.0 Å². The number of hydrogen-bond acceptors (Lipinski definition) is 4. The summed E-state index contributed by atoms with van der Waals surface area (Å²) in [7, 11) is -3.67. The van der Waals surface area contributed by atoms with E-state index in [1.54, 1.807) is 27.7 Å². The Labute approximate surface area is 154 Å². The Morgan fingerprint density at radius 1 is 1.19 bits per heavy atom. The van der Waals surface area contributed by atoms with Gasteiger partial charge in [-0.3, -0.25) is 9.59 Å². The first kappa shape index (κ1) is 20.4. The second kappa shape index (κ2) is 7.00. The van der Waals surface area contributed by atoms with Crippen LogP contribution in [0.25, 0.3) is 0 Å². The average Bonchev–Trinajstić information content (AvgIpc) is 2.52. The van der Waals surface area contributed by atoms with Crippen molar-refractivity contribution in [3.8, 4) is 0 Å². The van der Waals surface area contributed by atoms with Gasteiger partial charge in [-0.1, -0.05) is 0 Å². The average molecular weight is 382 g/mol. The van der Waals surface area contributed by atoms with Gasteiger partial charge < -0.3 is 10.0 Å². The normalized spacial score (nSPS) is 21.5. The van der Waals surface area contributed by atoms with E-state index in [1.165, 1.54) is 29.2 Å². The Morgan fingerprint density at radius 2 is 1.77 bits per heavy atom. The van der Waals surface area contributed by atoms with Gasteiger partial charge in [0.25, 0.3) is 5.91 Å². The number of nitrogens with zero attached hydrogens (tertiary/aromatic N) is 1. The molecule has 0 saturated carbocycles. The lowest BCUT2D eigenvalue weighted by atomic mass is 9.82. The quantitative estimate of drug-likeness (QED) is 0.830. The van der Waals surface area contributed by atoms with E-state index in [-0.39, 0.29) is 17.3 Å². The minimum absolute atomic E-state index is 0.0815. The highest BCUT2D eigenvalue weighted by Gasteiger charge is 2.39. The van der Waals surface area contributed by atoms with Gasteiger partial charge in [-0.2, -0.15) is 0 Å². The van der Waals surface area contributed by atoms with Gasteiger partial charge in [0.05, 0.1) is 10.3 Å². The Balaban J connectivity index is 2.18. The molecule has 26 heavy (non-hydrogen) atoms. The Bertz CT molecular complexity index is 796. The summed E-state index contributed by atoms with van der Waals surface area (Å²) < 4.78 is 27.2.